The molecule has 3 aromatic carbocycles. The molecule has 0 unspecified atom stereocenters. The first-order valence-corrected chi connectivity index (χ1v) is 11.6. The summed E-state index contributed by atoms with van der Waals surface area (Å²) in [6.45, 7) is 6.36. The van der Waals surface area contributed by atoms with Gasteiger partial charge in [-0.3, -0.25) is 0 Å². The standard InChI is InChI=1S/C29H26N2O3/c1-29(2,3)20-13-18-11-12-25(30-26(18)23(32)16-20)33-21-9-6-8-19(14-21)28-31-27-22-10-5-4-7-17(22)15-24(27)34-28/h4-14,16,24,27,32H,15H2,1-3H3/t24-,27+/m1/s1. The number of nitrogens with zero attached hydrogens (tertiary/aromatic N) is 2. The molecule has 5 heteroatoms. The number of pyridine rings is 1. The van der Waals surface area contributed by atoms with Crippen molar-refractivity contribution in [3.8, 4) is 17.4 Å². The van der Waals surface area contributed by atoms with Gasteiger partial charge in [0.1, 0.15) is 29.2 Å². The van der Waals surface area contributed by atoms with E-state index < -0.39 is 0 Å². The molecule has 1 N–H and O–H groups in total. The van der Waals surface area contributed by atoms with Crippen LogP contribution in [0.25, 0.3) is 10.9 Å². The van der Waals surface area contributed by atoms with Crippen LogP contribution in [0.4, 0.5) is 0 Å². The van der Waals surface area contributed by atoms with Gasteiger partial charge < -0.3 is 14.6 Å². The third-order valence-electron chi connectivity index (χ3n) is 6.58. The Hall–Kier alpha value is -3.86. The number of aromatic hydroxyl groups is 1. The zero-order valence-corrected chi connectivity index (χ0v) is 19.4. The molecule has 1 aromatic heterocycles. The van der Waals surface area contributed by atoms with Gasteiger partial charge in [-0.25, -0.2) is 9.98 Å². The first-order valence-electron chi connectivity index (χ1n) is 11.6. The molecular weight excluding hydrogens is 424 g/mol. The lowest BCUT2D eigenvalue weighted by Crippen LogP contribution is -2.13. The molecule has 4 aromatic rings. The van der Waals surface area contributed by atoms with E-state index in [-0.39, 0.29) is 23.3 Å². The molecular formula is C29H26N2O3. The van der Waals surface area contributed by atoms with Crippen LogP contribution >= 0.6 is 0 Å². The van der Waals surface area contributed by atoms with Gasteiger partial charge >= 0.3 is 0 Å². The largest absolute Gasteiger partial charge is 0.506 e. The fourth-order valence-electron chi connectivity index (χ4n) is 4.74. The zero-order valence-electron chi connectivity index (χ0n) is 19.4. The maximum atomic E-state index is 10.6. The Morgan fingerprint density at radius 1 is 0.971 bits per heavy atom. The Balaban J connectivity index is 1.27. The van der Waals surface area contributed by atoms with Crippen molar-refractivity contribution >= 4 is 16.8 Å². The number of aliphatic imine (C=N–C) groups is 1. The number of fused-ring (bicyclic) bond motifs is 4. The van der Waals surface area contributed by atoms with Gasteiger partial charge in [0.25, 0.3) is 0 Å². The minimum Gasteiger partial charge on any atom is -0.506 e. The minimum atomic E-state index is -0.0626. The van der Waals surface area contributed by atoms with E-state index >= 15 is 0 Å². The molecule has 6 rings (SSSR count). The van der Waals surface area contributed by atoms with Crippen molar-refractivity contribution in [2.24, 2.45) is 4.99 Å². The topological polar surface area (TPSA) is 63.9 Å². The highest BCUT2D eigenvalue weighted by Crippen LogP contribution is 2.41. The summed E-state index contributed by atoms with van der Waals surface area (Å²) in [6.07, 6.45) is 0.936. The maximum Gasteiger partial charge on any atom is 0.219 e. The van der Waals surface area contributed by atoms with Crippen LogP contribution in [0.5, 0.6) is 17.4 Å². The Bertz CT molecular complexity index is 1450. The Kier molecular flexibility index (Phi) is 4.63. The van der Waals surface area contributed by atoms with Gasteiger partial charge in [-0.15, -0.1) is 0 Å². The zero-order chi connectivity index (χ0) is 23.4. The van der Waals surface area contributed by atoms with Crippen LogP contribution in [-0.2, 0) is 16.6 Å². The van der Waals surface area contributed by atoms with E-state index in [1.807, 2.05) is 36.4 Å². The minimum absolute atomic E-state index is 0.0545. The van der Waals surface area contributed by atoms with E-state index in [4.69, 9.17) is 14.5 Å². The van der Waals surface area contributed by atoms with Gasteiger partial charge in [0.15, 0.2) is 0 Å². The molecule has 1 aliphatic heterocycles. The number of phenolic OH excluding ortho intramolecular Hbond substituents is 1. The van der Waals surface area contributed by atoms with Crippen molar-refractivity contribution in [3.05, 3.63) is 95.1 Å². The number of rotatable bonds is 3. The van der Waals surface area contributed by atoms with Crippen molar-refractivity contribution in [3.63, 3.8) is 0 Å². The summed E-state index contributed by atoms with van der Waals surface area (Å²) >= 11 is 0. The molecule has 2 atom stereocenters. The SMILES string of the molecule is CC(C)(C)c1cc(O)c2nc(Oc3cccc(C4=N[C@H]5c6ccccc6C[C@H]5O4)c3)ccc2c1. The molecule has 0 amide bonds. The van der Waals surface area contributed by atoms with Gasteiger partial charge in [0.2, 0.25) is 11.8 Å². The lowest BCUT2D eigenvalue weighted by Gasteiger charge is -2.20. The lowest BCUT2D eigenvalue weighted by molar-refractivity contribution is 0.206. The number of phenols is 1. The van der Waals surface area contributed by atoms with Crippen LogP contribution in [0, 0.1) is 0 Å². The third-order valence-corrected chi connectivity index (χ3v) is 6.58. The van der Waals surface area contributed by atoms with Crippen molar-refractivity contribution in [2.45, 2.75) is 44.8 Å². The fraction of sp³-hybridized carbons (Fsp3) is 0.241. The van der Waals surface area contributed by atoms with E-state index in [1.165, 1.54) is 11.1 Å². The van der Waals surface area contributed by atoms with Gasteiger partial charge in [-0.05, 0) is 58.5 Å². The highest BCUT2D eigenvalue weighted by Gasteiger charge is 2.39. The first-order chi connectivity index (χ1) is 16.3. The van der Waals surface area contributed by atoms with Crippen LogP contribution < -0.4 is 4.74 Å². The number of hydrogen-bond acceptors (Lipinski definition) is 5. The maximum absolute atomic E-state index is 10.6. The molecule has 170 valence electrons. The smallest absolute Gasteiger partial charge is 0.219 e. The second-order valence-electron chi connectivity index (χ2n) is 10.0. The molecule has 0 saturated carbocycles. The van der Waals surface area contributed by atoms with E-state index in [0.717, 1.165) is 22.9 Å². The van der Waals surface area contributed by atoms with Crippen LogP contribution in [0.1, 0.15) is 49.1 Å². The van der Waals surface area contributed by atoms with Gasteiger partial charge in [0.05, 0.1) is 0 Å². The van der Waals surface area contributed by atoms with E-state index in [1.54, 1.807) is 6.07 Å². The van der Waals surface area contributed by atoms with E-state index in [0.29, 0.717) is 23.0 Å². The molecule has 34 heavy (non-hydrogen) atoms. The van der Waals surface area contributed by atoms with E-state index in [2.05, 4.69) is 56.1 Å². The third kappa shape index (κ3) is 3.58. The van der Waals surface area contributed by atoms with Gasteiger partial charge in [-0.1, -0.05) is 51.1 Å². The molecule has 0 saturated heterocycles. The second kappa shape index (κ2) is 7.59. The fourth-order valence-corrected chi connectivity index (χ4v) is 4.74. The predicted molar refractivity (Wildman–Crippen MR) is 133 cm³/mol. The molecule has 1 aliphatic carbocycles. The van der Waals surface area contributed by atoms with Crippen molar-refractivity contribution in [1.82, 2.24) is 4.98 Å². The van der Waals surface area contributed by atoms with Crippen LogP contribution in [-0.4, -0.2) is 22.1 Å². The normalized spacial score (nSPS) is 18.9. The first kappa shape index (κ1) is 20.7. The Labute approximate surface area is 198 Å². The molecule has 2 heterocycles. The van der Waals surface area contributed by atoms with Gasteiger partial charge in [-0.2, -0.15) is 0 Å². The van der Waals surface area contributed by atoms with Crippen molar-refractivity contribution < 1.29 is 14.6 Å². The molecule has 5 nitrogen and oxygen atoms in total. The quantitative estimate of drug-likeness (QED) is 0.388. The molecule has 0 fully saturated rings. The van der Waals surface area contributed by atoms with Crippen molar-refractivity contribution in [1.29, 1.82) is 0 Å². The van der Waals surface area contributed by atoms with Crippen LogP contribution in [0.2, 0.25) is 0 Å². The summed E-state index contributed by atoms with van der Waals surface area (Å²) in [7, 11) is 0. The predicted octanol–water partition coefficient (Wildman–Crippen LogP) is 6.47. The highest BCUT2D eigenvalue weighted by molar-refractivity contribution is 5.96. The average Bonchev–Trinajstić information content (AvgIpc) is 3.37. The highest BCUT2D eigenvalue weighted by atomic mass is 16.5. The Morgan fingerprint density at radius 2 is 1.82 bits per heavy atom. The lowest BCUT2D eigenvalue weighted by atomic mass is 9.86. The van der Waals surface area contributed by atoms with Crippen LogP contribution in [0.15, 0.2) is 77.8 Å². The molecule has 2 aliphatic rings. The summed E-state index contributed by atoms with van der Waals surface area (Å²) < 4.78 is 12.3. The summed E-state index contributed by atoms with van der Waals surface area (Å²) in [4.78, 5) is 9.44. The molecule has 0 bridgehead atoms. The summed E-state index contributed by atoms with van der Waals surface area (Å²) in [6, 6.07) is 23.8. The number of hydrogen-bond donors (Lipinski definition) is 1. The molecule has 0 spiro atoms. The molecule has 0 radical (unpaired) electrons. The van der Waals surface area contributed by atoms with Crippen molar-refractivity contribution in [2.75, 3.05) is 0 Å². The monoisotopic (exact) mass is 450 g/mol. The second-order valence-corrected chi connectivity index (χ2v) is 10.0. The van der Waals surface area contributed by atoms with Gasteiger partial charge in [0, 0.05) is 23.4 Å². The average molecular weight is 451 g/mol. The number of ether oxygens (including phenoxy) is 2. The summed E-state index contributed by atoms with van der Waals surface area (Å²) in [5.74, 6) is 1.86. The van der Waals surface area contributed by atoms with E-state index in [9.17, 15) is 5.11 Å². The van der Waals surface area contributed by atoms with Crippen LogP contribution in [0.3, 0.4) is 0 Å². The summed E-state index contributed by atoms with van der Waals surface area (Å²) in [5.41, 5.74) is 4.97. The summed E-state index contributed by atoms with van der Waals surface area (Å²) in [5, 5.41) is 11.5. The number of benzene rings is 3. The number of aromatic nitrogens is 1. The Morgan fingerprint density at radius 3 is 2.68 bits per heavy atom.